The molecule has 5 heteroatoms. The van der Waals surface area contributed by atoms with Gasteiger partial charge in [-0.05, 0) is 31.4 Å². The largest absolute Gasteiger partial charge is 0.478 e. The van der Waals surface area contributed by atoms with Crippen molar-refractivity contribution in [3.63, 3.8) is 0 Å². The molecule has 1 saturated carbocycles. The zero-order valence-corrected chi connectivity index (χ0v) is 15.0. The average Bonchev–Trinajstić information content (AvgIpc) is 2.59. The number of benzene rings is 1. The molecule has 1 fully saturated rings. The third-order valence-corrected chi connectivity index (χ3v) is 5.11. The van der Waals surface area contributed by atoms with Gasteiger partial charge in [-0.1, -0.05) is 51.2 Å². The van der Waals surface area contributed by atoms with Crippen LogP contribution < -0.4 is 15.0 Å². The van der Waals surface area contributed by atoms with Gasteiger partial charge in [0, 0.05) is 6.04 Å². The summed E-state index contributed by atoms with van der Waals surface area (Å²) in [6.45, 7) is 1.98. The van der Waals surface area contributed by atoms with Crippen LogP contribution in [-0.2, 0) is 9.59 Å². The van der Waals surface area contributed by atoms with Crippen molar-refractivity contribution in [2.24, 2.45) is 0 Å². The van der Waals surface area contributed by atoms with Crippen molar-refractivity contribution in [3.8, 4) is 5.75 Å². The van der Waals surface area contributed by atoms with Crippen molar-refractivity contribution in [2.45, 2.75) is 70.4 Å². The predicted octanol–water partition coefficient (Wildman–Crippen LogP) is 3.42. The van der Waals surface area contributed by atoms with E-state index >= 15 is 0 Å². The smallest absolute Gasteiger partial charge is 0.268 e. The highest BCUT2D eigenvalue weighted by Gasteiger charge is 2.34. The normalized spacial score (nSPS) is 21.7. The van der Waals surface area contributed by atoms with Crippen LogP contribution in [0.4, 0.5) is 5.69 Å². The number of fused-ring (bicyclic) bond motifs is 1. The Kier molecular flexibility index (Phi) is 5.95. The van der Waals surface area contributed by atoms with Gasteiger partial charge in [-0.2, -0.15) is 0 Å². The van der Waals surface area contributed by atoms with Crippen LogP contribution >= 0.6 is 0 Å². The zero-order valence-electron chi connectivity index (χ0n) is 15.0. The van der Waals surface area contributed by atoms with E-state index in [4.69, 9.17) is 4.74 Å². The number of carbonyl (C=O) groups is 2. The predicted molar refractivity (Wildman–Crippen MR) is 97.8 cm³/mol. The van der Waals surface area contributed by atoms with Crippen molar-refractivity contribution in [1.29, 1.82) is 0 Å². The molecule has 1 atom stereocenters. The van der Waals surface area contributed by atoms with Gasteiger partial charge in [0.2, 0.25) is 5.91 Å². The van der Waals surface area contributed by atoms with E-state index in [-0.39, 0.29) is 24.4 Å². The monoisotopic (exact) mass is 344 g/mol. The van der Waals surface area contributed by atoms with E-state index in [0.29, 0.717) is 17.9 Å². The van der Waals surface area contributed by atoms with Crippen LogP contribution in [0.15, 0.2) is 24.3 Å². The third-order valence-electron chi connectivity index (χ3n) is 5.11. The van der Waals surface area contributed by atoms with Crippen LogP contribution in [0.3, 0.4) is 0 Å². The Balaban J connectivity index is 1.67. The second kappa shape index (κ2) is 8.37. The number of para-hydroxylation sites is 2. The Morgan fingerprint density at radius 2 is 1.84 bits per heavy atom. The van der Waals surface area contributed by atoms with Crippen LogP contribution in [0.1, 0.15) is 58.3 Å². The highest BCUT2D eigenvalue weighted by molar-refractivity contribution is 6.03. The van der Waals surface area contributed by atoms with E-state index in [9.17, 15) is 9.59 Å². The molecular formula is C20H28N2O3. The average molecular weight is 344 g/mol. The lowest BCUT2D eigenvalue weighted by atomic mass is 9.97. The summed E-state index contributed by atoms with van der Waals surface area (Å²) in [5.74, 6) is 0.465. The first-order chi connectivity index (χ1) is 12.2. The summed E-state index contributed by atoms with van der Waals surface area (Å²) < 4.78 is 5.76. The number of amides is 2. The van der Waals surface area contributed by atoms with E-state index in [0.717, 1.165) is 12.8 Å². The molecule has 136 valence electrons. The molecule has 2 amide bonds. The van der Waals surface area contributed by atoms with Gasteiger partial charge >= 0.3 is 0 Å². The minimum atomic E-state index is -0.510. The molecule has 0 saturated heterocycles. The maximum absolute atomic E-state index is 12.7. The summed E-state index contributed by atoms with van der Waals surface area (Å²) in [5, 5.41) is 3.14. The fourth-order valence-corrected chi connectivity index (χ4v) is 3.71. The Labute approximate surface area is 149 Å². The van der Waals surface area contributed by atoms with Crippen LogP contribution in [0.25, 0.3) is 0 Å². The van der Waals surface area contributed by atoms with E-state index in [1.165, 1.54) is 32.1 Å². The summed E-state index contributed by atoms with van der Waals surface area (Å²) in [5.41, 5.74) is 0.685. The molecule has 1 aliphatic carbocycles. The number of nitrogens with zero attached hydrogens (tertiary/aromatic N) is 1. The first-order valence-corrected chi connectivity index (χ1v) is 9.55. The van der Waals surface area contributed by atoms with E-state index in [1.807, 2.05) is 31.2 Å². The van der Waals surface area contributed by atoms with Crippen LogP contribution in [-0.4, -0.2) is 30.5 Å². The summed E-state index contributed by atoms with van der Waals surface area (Å²) in [4.78, 5) is 26.8. The summed E-state index contributed by atoms with van der Waals surface area (Å²) in [7, 11) is 0. The second-order valence-corrected chi connectivity index (χ2v) is 7.02. The van der Waals surface area contributed by atoms with Crippen LogP contribution in [0, 0.1) is 0 Å². The number of rotatable bonds is 4. The number of carbonyl (C=O) groups excluding carboxylic acids is 2. The van der Waals surface area contributed by atoms with Crippen molar-refractivity contribution < 1.29 is 14.3 Å². The van der Waals surface area contributed by atoms with Gasteiger partial charge < -0.3 is 10.1 Å². The maximum Gasteiger partial charge on any atom is 0.268 e. The quantitative estimate of drug-likeness (QED) is 0.910. The fourth-order valence-electron chi connectivity index (χ4n) is 3.71. The lowest BCUT2D eigenvalue weighted by Gasteiger charge is -2.34. The summed E-state index contributed by atoms with van der Waals surface area (Å²) in [6, 6.07) is 7.67. The van der Waals surface area contributed by atoms with Crippen molar-refractivity contribution in [2.75, 3.05) is 11.4 Å². The van der Waals surface area contributed by atoms with Crippen molar-refractivity contribution in [1.82, 2.24) is 5.32 Å². The number of nitrogens with one attached hydrogen (secondary N) is 1. The highest BCUT2D eigenvalue weighted by Crippen LogP contribution is 2.34. The molecule has 1 aromatic rings. The molecule has 0 unspecified atom stereocenters. The molecule has 0 spiro atoms. The number of ether oxygens (including phenoxy) is 1. The second-order valence-electron chi connectivity index (χ2n) is 7.02. The Morgan fingerprint density at radius 3 is 2.56 bits per heavy atom. The molecule has 0 aromatic heterocycles. The molecule has 1 aromatic carbocycles. The maximum atomic E-state index is 12.7. The topological polar surface area (TPSA) is 58.6 Å². The molecule has 0 bridgehead atoms. The molecule has 0 radical (unpaired) electrons. The number of anilines is 1. The van der Waals surface area contributed by atoms with Crippen LogP contribution in [0.2, 0.25) is 0 Å². The molecule has 1 heterocycles. The fraction of sp³-hybridized carbons (Fsp3) is 0.600. The Hall–Kier alpha value is -2.04. The zero-order chi connectivity index (χ0) is 17.6. The third kappa shape index (κ3) is 4.33. The minimum absolute atomic E-state index is 0.0617. The van der Waals surface area contributed by atoms with E-state index in [1.54, 1.807) is 4.90 Å². The molecule has 1 aliphatic heterocycles. The SMILES string of the molecule is CC[C@@H]1Oc2ccccc2N(CC(=O)NC2CCCCCCC2)C1=O. The molecular weight excluding hydrogens is 316 g/mol. The van der Waals surface area contributed by atoms with Gasteiger partial charge in [-0.15, -0.1) is 0 Å². The molecule has 1 N–H and O–H groups in total. The lowest BCUT2D eigenvalue weighted by molar-refractivity contribution is -0.129. The first-order valence-electron chi connectivity index (χ1n) is 9.55. The highest BCUT2D eigenvalue weighted by atomic mass is 16.5. The van der Waals surface area contributed by atoms with Gasteiger partial charge in [-0.25, -0.2) is 0 Å². The van der Waals surface area contributed by atoms with Crippen molar-refractivity contribution >= 4 is 17.5 Å². The van der Waals surface area contributed by atoms with Gasteiger partial charge in [0.05, 0.1) is 5.69 Å². The molecule has 25 heavy (non-hydrogen) atoms. The van der Waals surface area contributed by atoms with Gasteiger partial charge in [0.25, 0.3) is 5.91 Å². The van der Waals surface area contributed by atoms with Crippen molar-refractivity contribution in [3.05, 3.63) is 24.3 Å². The summed E-state index contributed by atoms with van der Waals surface area (Å²) >= 11 is 0. The van der Waals surface area contributed by atoms with Gasteiger partial charge in [0.1, 0.15) is 12.3 Å². The lowest BCUT2D eigenvalue weighted by Crippen LogP contribution is -2.50. The standard InChI is InChI=1S/C20H28N2O3/c1-2-17-20(24)22(16-12-8-9-13-18(16)25-17)14-19(23)21-15-10-6-4-3-5-7-11-15/h8-9,12-13,15,17H,2-7,10-11,14H2,1H3,(H,21,23)/t17-/m0/s1. The molecule has 2 aliphatic rings. The molecule has 3 rings (SSSR count). The first kappa shape index (κ1) is 17.8. The van der Waals surface area contributed by atoms with Gasteiger partial charge in [-0.3, -0.25) is 14.5 Å². The summed E-state index contributed by atoms with van der Waals surface area (Å²) in [6.07, 6.45) is 8.30. The van der Waals surface area contributed by atoms with E-state index in [2.05, 4.69) is 5.32 Å². The number of hydrogen-bond acceptors (Lipinski definition) is 3. The minimum Gasteiger partial charge on any atom is -0.478 e. The number of hydrogen-bond donors (Lipinski definition) is 1. The molecule has 5 nitrogen and oxygen atoms in total. The Bertz CT molecular complexity index is 609. The van der Waals surface area contributed by atoms with Gasteiger partial charge in [0.15, 0.2) is 6.10 Å². The van der Waals surface area contributed by atoms with E-state index < -0.39 is 6.10 Å². The van der Waals surface area contributed by atoms with Crippen LogP contribution in [0.5, 0.6) is 5.75 Å². The Morgan fingerprint density at radius 1 is 1.16 bits per heavy atom.